The van der Waals surface area contributed by atoms with Gasteiger partial charge in [0.1, 0.15) is 18.1 Å². The molecule has 0 aliphatic carbocycles. The summed E-state index contributed by atoms with van der Waals surface area (Å²) in [5.41, 5.74) is 4.55. The minimum absolute atomic E-state index is 0.0880. The van der Waals surface area contributed by atoms with E-state index in [1.54, 1.807) is 18.6 Å². The van der Waals surface area contributed by atoms with E-state index in [9.17, 15) is 0 Å². The summed E-state index contributed by atoms with van der Waals surface area (Å²) < 4.78 is 11.9. The first-order valence-corrected chi connectivity index (χ1v) is 8.66. The summed E-state index contributed by atoms with van der Waals surface area (Å²) in [5.74, 6) is 1.47. The Hall–Kier alpha value is -2.95. The summed E-state index contributed by atoms with van der Waals surface area (Å²) in [4.78, 5) is 13.2. The Labute approximate surface area is 154 Å². The standard InChI is InChI=1S/C21H23N3O2/c1-14(2)26-17-7-8-18(21-16(4)22-10-11-24-21)20(12-17)25-13-19-15(3)6-5-9-23-19/h5-12,14H,13H2,1-4H3. The fourth-order valence-corrected chi connectivity index (χ4v) is 2.65. The Bertz CT molecular complexity index is 894. The normalized spacial score (nSPS) is 10.8. The van der Waals surface area contributed by atoms with Crippen LogP contribution in [0.4, 0.5) is 0 Å². The number of pyridine rings is 1. The van der Waals surface area contributed by atoms with Crippen molar-refractivity contribution in [1.82, 2.24) is 15.0 Å². The van der Waals surface area contributed by atoms with E-state index in [1.165, 1.54) is 0 Å². The number of hydrogen-bond donors (Lipinski definition) is 0. The summed E-state index contributed by atoms with van der Waals surface area (Å²) in [7, 11) is 0. The molecule has 0 radical (unpaired) electrons. The minimum atomic E-state index is 0.0880. The van der Waals surface area contributed by atoms with Crippen LogP contribution in [0.1, 0.15) is 30.8 Å². The Morgan fingerprint density at radius 1 is 0.962 bits per heavy atom. The van der Waals surface area contributed by atoms with E-state index < -0.39 is 0 Å². The van der Waals surface area contributed by atoms with Crippen LogP contribution >= 0.6 is 0 Å². The molecule has 26 heavy (non-hydrogen) atoms. The number of hydrogen-bond acceptors (Lipinski definition) is 5. The van der Waals surface area contributed by atoms with Crippen molar-refractivity contribution in [1.29, 1.82) is 0 Å². The van der Waals surface area contributed by atoms with Crippen molar-refractivity contribution in [2.45, 2.75) is 40.4 Å². The molecule has 3 aromatic rings. The minimum Gasteiger partial charge on any atom is -0.491 e. The zero-order chi connectivity index (χ0) is 18.5. The molecule has 5 nitrogen and oxygen atoms in total. The second-order valence-electron chi connectivity index (χ2n) is 6.37. The first-order valence-electron chi connectivity index (χ1n) is 8.66. The fourth-order valence-electron chi connectivity index (χ4n) is 2.65. The van der Waals surface area contributed by atoms with Crippen molar-refractivity contribution >= 4 is 0 Å². The van der Waals surface area contributed by atoms with Gasteiger partial charge in [0.25, 0.3) is 0 Å². The maximum absolute atomic E-state index is 6.13. The quantitative estimate of drug-likeness (QED) is 0.655. The van der Waals surface area contributed by atoms with Gasteiger partial charge in [-0.3, -0.25) is 15.0 Å². The van der Waals surface area contributed by atoms with Crippen molar-refractivity contribution in [3.8, 4) is 22.8 Å². The number of aryl methyl sites for hydroxylation is 2. The number of aromatic nitrogens is 3. The van der Waals surface area contributed by atoms with Crippen LogP contribution in [0.3, 0.4) is 0 Å². The maximum Gasteiger partial charge on any atom is 0.133 e. The Morgan fingerprint density at radius 2 is 1.77 bits per heavy atom. The van der Waals surface area contributed by atoms with E-state index in [0.29, 0.717) is 12.4 Å². The van der Waals surface area contributed by atoms with Crippen LogP contribution in [-0.2, 0) is 6.61 Å². The second-order valence-corrected chi connectivity index (χ2v) is 6.37. The lowest BCUT2D eigenvalue weighted by Crippen LogP contribution is -2.07. The Morgan fingerprint density at radius 3 is 2.50 bits per heavy atom. The lowest BCUT2D eigenvalue weighted by molar-refractivity contribution is 0.239. The molecular weight excluding hydrogens is 326 g/mol. The van der Waals surface area contributed by atoms with Gasteiger partial charge in [-0.15, -0.1) is 0 Å². The average molecular weight is 349 g/mol. The molecule has 2 aromatic heterocycles. The predicted molar refractivity (Wildman–Crippen MR) is 101 cm³/mol. The van der Waals surface area contributed by atoms with Crippen LogP contribution in [0, 0.1) is 13.8 Å². The van der Waals surface area contributed by atoms with E-state index >= 15 is 0 Å². The van der Waals surface area contributed by atoms with Gasteiger partial charge in [0.15, 0.2) is 0 Å². The molecule has 0 aliphatic rings. The van der Waals surface area contributed by atoms with Gasteiger partial charge < -0.3 is 9.47 Å². The molecule has 0 aliphatic heterocycles. The largest absolute Gasteiger partial charge is 0.491 e. The topological polar surface area (TPSA) is 57.1 Å². The van der Waals surface area contributed by atoms with Crippen LogP contribution in [0.15, 0.2) is 48.9 Å². The predicted octanol–water partition coefficient (Wildman–Crippen LogP) is 4.52. The van der Waals surface area contributed by atoms with Crippen molar-refractivity contribution in [3.63, 3.8) is 0 Å². The SMILES string of the molecule is Cc1cccnc1COc1cc(OC(C)C)ccc1-c1nccnc1C. The van der Waals surface area contributed by atoms with Gasteiger partial charge in [0.2, 0.25) is 0 Å². The Balaban J connectivity index is 1.96. The molecule has 2 heterocycles. The second kappa shape index (κ2) is 7.95. The van der Waals surface area contributed by atoms with Crippen LogP contribution in [0.5, 0.6) is 11.5 Å². The van der Waals surface area contributed by atoms with Gasteiger partial charge in [-0.1, -0.05) is 6.07 Å². The van der Waals surface area contributed by atoms with E-state index in [2.05, 4.69) is 15.0 Å². The summed E-state index contributed by atoms with van der Waals surface area (Å²) in [5, 5.41) is 0. The van der Waals surface area contributed by atoms with Crippen LogP contribution < -0.4 is 9.47 Å². The van der Waals surface area contributed by atoms with E-state index in [0.717, 1.165) is 34.0 Å². The Kier molecular flexibility index (Phi) is 5.46. The molecule has 5 heteroatoms. The summed E-state index contributed by atoms with van der Waals surface area (Å²) >= 11 is 0. The number of benzene rings is 1. The molecule has 0 unspecified atom stereocenters. The van der Waals surface area contributed by atoms with Crippen LogP contribution in [-0.4, -0.2) is 21.1 Å². The lowest BCUT2D eigenvalue weighted by atomic mass is 10.1. The highest BCUT2D eigenvalue weighted by atomic mass is 16.5. The molecule has 3 rings (SSSR count). The molecule has 0 saturated heterocycles. The molecular formula is C21H23N3O2. The van der Waals surface area contributed by atoms with Gasteiger partial charge in [0, 0.05) is 30.2 Å². The van der Waals surface area contributed by atoms with Gasteiger partial charge in [-0.05, 0) is 51.5 Å². The zero-order valence-electron chi connectivity index (χ0n) is 15.6. The van der Waals surface area contributed by atoms with Crippen molar-refractivity contribution in [3.05, 3.63) is 65.9 Å². The first kappa shape index (κ1) is 17.9. The van der Waals surface area contributed by atoms with Crippen molar-refractivity contribution in [2.75, 3.05) is 0 Å². The van der Waals surface area contributed by atoms with Gasteiger partial charge in [-0.2, -0.15) is 0 Å². The average Bonchev–Trinajstić information content (AvgIpc) is 2.61. The lowest BCUT2D eigenvalue weighted by Gasteiger charge is -2.16. The molecule has 134 valence electrons. The van der Waals surface area contributed by atoms with E-state index in [1.807, 2.05) is 58.0 Å². The first-order chi connectivity index (χ1) is 12.5. The highest BCUT2D eigenvalue weighted by Gasteiger charge is 2.14. The highest BCUT2D eigenvalue weighted by molar-refractivity contribution is 5.70. The number of nitrogens with zero attached hydrogens (tertiary/aromatic N) is 3. The van der Waals surface area contributed by atoms with Crippen LogP contribution in [0.2, 0.25) is 0 Å². The molecule has 0 atom stereocenters. The smallest absolute Gasteiger partial charge is 0.133 e. The molecule has 0 bridgehead atoms. The third-order valence-corrected chi connectivity index (χ3v) is 3.94. The van der Waals surface area contributed by atoms with Gasteiger partial charge in [0.05, 0.1) is 23.2 Å². The maximum atomic E-state index is 6.13. The van der Waals surface area contributed by atoms with Crippen molar-refractivity contribution in [2.24, 2.45) is 0 Å². The molecule has 0 saturated carbocycles. The fraction of sp³-hybridized carbons (Fsp3) is 0.286. The van der Waals surface area contributed by atoms with E-state index in [-0.39, 0.29) is 6.10 Å². The highest BCUT2D eigenvalue weighted by Crippen LogP contribution is 2.34. The van der Waals surface area contributed by atoms with E-state index in [4.69, 9.17) is 9.47 Å². The molecule has 1 aromatic carbocycles. The third-order valence-electron chi connectivity index (χ3n) is 3.94. The van der Waals surface area contributed by atoms with Gasteiger partial charge in [-0.25, -0.2) is 0 Å². The van der Waals surface area contributed by atoms with Crippen molar-refractivity contribution < 1.29 is 9.47 Å². The summed E-state index contributed by atoms with van der Waals surface area (Å²) in [6.45, 7) is 8.34. The van der Waals surface area contributed by atoms with Gasteiger partial charge >= 0.3 is 0 Å². The number of rotatable bonds is 6. The molecule has 0 amide bonds. The summed E-state index contributed by atoms with van der Waals surface area (Å²) in [6.07, 6.45) is 5.24. The zero-order valence-corrected chi connectivity index (χ0v) is 15.6. The monoisotopic (exact) mass is 349 g/mol. The van der Waals surface area contributed by atoms with Crippen LogP contribution in [0.25, 0.3) is 11.3 Å². The molecule has 0 fully saturated rings. The summed E-state index contributed by atoms with van der Waals surface area (Å²) in [6, 6.07) is 9.75. The molecule has 0 spiro atoms. The number of ether oxygens (including phenoxy) is 2. The molecule has 0 N–H and O–H groups in total. The third kappa shape index (κ3) is 4.17.